The highest BCUT2D eigenvalue weighted by Gasteiger charge is 2.22. The van der Waals surface area contributed by atoms with Crippen molar-refractivity contribution in [3.8, 4) is 0 Å². The van der Waals surface area contributed by atoms with Crippen LogP contribution in [0.25, 0.3) is 0 Å². The van der Waals surface area contributed by atoms with Crippen molar-refractivity contribution < 1.29 is 9.90 Å². The van der Waals surface area contributed by atoms with Crippen LogP contribution < -0.4 is 0 Å². The fourth-order valence-electron chi connectivity index (χ4n) is 2.13. The first-order valence-electron chi connectivity index (χ1n) is 6.41. The van der Waals surface area contributed by atoms with Crippen LogP contribution in [-0.4, -0.2) is 35.1 Å². The number of rotatable bonds is 6. The average molecular weight is 349 g/mol. The molecule has 0 fully saturated rings. The lowest BCUT2D eigenvalue weighted by Gasteiger charge is -2.30. The van der Waals surface area contributed by atoms with Crippen molar-refractivity contribution in [1.82, 2.24) is 4.90 Å². The summed E-state index contributed by atoms with van der Waals surface area (Å²) in [5.74, 6) is -0.0917. The smallest absolute Gasteiger partial charge is 0.254 e. The first kappa shape index (κ1) is 16.5. The Hall–Kier alpha value is -0.580. The highest BCUT2D eigenvalue weighted by Crippen LogP contribution is 2.22. The fraction of sp³-hybridized carbons (Fsp3) is 0.500. The Kier molecular flexibility index (Phi) is 6.83. The Bertz CT molecular complexity index is 415. The van der Waals surface area contributed by atoms with Gasteiger partial charge in [-0.05, 0) is 31.0 Å². The number of hydrogen-bond donors (Lipinski definition) is 1. The number of hydrogen-bond acceptors (Lipinski definition) is 2. The largest absolute Gasteiger partial charge is 0.395 e. The second-order valence-corrected chi connectivity index (χ2v) is 5.70. The van der Waals surface area contributed by atoms with Crippen LogP contribution >= 0.6 is 27.5 Å². The van der Waals surface area contributed by atoms with E-state index in [4.69, 9.17) is 16.7 Å². The Morgan fingerprint density at radius 1 is 1.37 bits per heavy atom. The molecule has 1 rings (SSSR count). The number of benzene rings is 1. The van der Waals surface area contributed by atoms with Gasteiger partial charge in [0, 0.05) is 27.6 Å². The van der Waals surface area contributed by atoms with Crippen LogP contribution in [0.4, 0.5) is 0 Å². The van der Waals surface area contributed by atoms with E-state index in [0.29, 0.717) is 17.1 Å². The van der Waals surface area contributed by atoms with Crippen molar-refractivity contribution in [3.63, 3.8) is 0 Å². The summed E-state index contributed by atoms with van der Waals surface area (Å²) in [6.45, 7) is 4.39. The molecule has 0 aliphatic heterocycles. The summed E-state index contributed by atoms with van der Waals surface area (Å²) in [7, 11) is 0. The molecule has 0 heterocycles. The van der Waals surface area contributed by atoms with E-state index in [0.717, 1.165) is 17.3 Å². The van der Waals surface area contributed by atoms with Crippen molar-refractivity contribution in [2.24, 2.45) is 0 Å². The molecule has 0 atom stereocenters. The molecule has 19 heavy (non-hydrogen) atoms. The van der Waals surface area contributed by atoms with E-state index < -0.39 is 0 Å². The van der Waals surface area contributed by atoms with Crippen LogP contribution in [0.2, 0.25) is 5.02 Å². The number of amides is 1. The van der Waals surface area contributed by atoms with Gasteiger partial charge in [0.2, 0.25) is 0 Å². The minimum Gasteiger partial charge on any atom is -0.395 e. The van der Waals surface area contributed by atoms with Crippen LogP contribution in [0, 0.1) is 0 Å². The molecule has 1 aromatic carbocycles. The molecule has 0 saturated carbocycles. The fourth-order valence-corrected chi connectivity index (χ4v) is 2.99. The minimum atomic E-state index is -0.0917. The molecule has 0 radical (unpaired) electrons. The molecular weight excluding hydrogens is 330 g/mol. The standard InChI is InChI=1S/C14H19BrClNO2/c1-3-13(4-2)17(5-6-18)14(19)10-7-11(15)9-12(16)8-10/h7-9,13,18H,3-6H2,1-2H3. The van der Waals surface area contributed by atoms with E-state index in [1.165, 1.54) is 0 Å². The zero-order valence-electron chi connectivity index (χ0n) is 11.2. The third-order valence-electron chi connectivity index (χ3n) is 3.09. The van der Waals surface area contributed by atoms with E-state index in [2.05, 4.69) is 15.9 Å². The van der Waals surface area contributed by atoms with E-state index in [1.54, 1.807) is 23.1 Å². The lowest BCUT2D eigenvalue weighted by molar-refractivity contribution is 0.0622. The topological polar surface area (TPSA) is 40.5 Å². The Morgan fingerprint density at radius 2 is 2.00 bits per heavy atom. The molecule has 106 valence electrons. The van der Waals surface area contributed by atoms with Gasteiger partial charge in [-0.2, -0.15) is 0 Å². The molecule has 0 spiro atoms. The minimum absolute atomic E-state index is 0.0377. The second-order valence-electron chi connectivity index (χ2n) is 4.35. The van der Waals surface area contributed by atoms with Crippen molar-refractivity contribution in [2.45, 2.75) is 32.7 Å². The first-order valence-corrected chi connectivity index (χ1v) is 7.58. The highest BCUT2D eigenvalue weighted by atomic mass is 79.9. The second kappa shape index (κ2) is 7.88. The van der Waals surface area contributed by atoms with E-state index in [-0.39, 0.29) is 18.6 Å². The maximum absolute atomic E-state index is 12.5. The molecule has 1 N–H and O–H groups in total. The van der Waals surface area contributed by atoms with Crippen molar-refractivity contribution in [1.29, 1.82) is 0 Å². The molecule has 0 bridgehead atoms. The molecular formula is C14H19BrClNO2. The molecule has 0 aromatic heterocycles. The first-order chi connectivity index (χ1) is 9.03. The summed E-state index contributed by atoms with van der Waals surface area (Å²) in [5, 5.41) is 9.67. The van der Waals surface area contributed by atoms with Gasteiger partial charge >= 0.3 is 0 Å². The van der Waals surface area contributed by atoms with Crippen LogP contribution in [0.1, 0.15) is 37.0 Å². The molecule has 3 nitrogen and oxygen atoms in total. The number of aliphatic hydroxyl groups excluding tert-OH is 1. The van der Waals surface area contributed by atoms with Crippen LogP contribution in [0.5, 0.6) is 0 Å². The zero-order valence-corrected chi connectivity index (χ0v) is 13.5. The molecule has 0 saturated heterocycles. The van der Waals surface area contributed by atoms with Gasteiger partial charge in [-0.3, -0.25) is 4.79 Å². The van der Waals surface area contributed by atoms with Gasteiger partial charge < -0.3 is 10.0 Å². The predicted octanol–water partition coefficient (Wildman–Crippen LogP) is 3.73. The number of carbonyl (C=O) groups excluding carboxylic acids is 1. The third-order valence-corrected chi connectivity index (χ3v) is 3.77. The quantitative estimate of drug-likeness (QED) is 0.851. The normalized spacial score (nSPS) is 10.8. The third kappa shape index (κ3) is 4.48. The van der Waals surface area contributed by atoms with Gasteiger partial charge in [0.05, 0.1) is 6.61 Å². The lowest BCUT2D eigenvalue weighted by atomic mass is 10.1. The average Bonchev–Trinajstić information content (AvgIpc) is 2.37. The maximum atomic E-state index is 12.5. The van der Waals surface area contributed by atoms with Gasteiger partial charge in [0.1, 0.15) is 0 Å². The number of aliphatic hydroxyl groups is 1. The summed E-state index contributed by atoms with van der Waals surface area (Å²) in [5.41, 5.74) is 0.541. The van der Waals surface area contributed by atoms with Gasteiger partial charge in [0.25, 0.3) is 5.91 Å². The van der Waals surface area contributed by atoms with Crippen LogP contribution in [0.15, 0.2) is 22.7 Å². The van der Waals surface area contributed by atoms with Gasteiger partial charge in [0.15, 0.2) is 0 Å². The summed E-state index contributed by atoms with van der Waals surface area (Å²) in [6, 6.07) is 5.28. The van der Waals surface area contributed by atoms with E-state index >= 15 is 0 Å². The summed E-state index contributed by atoms with van der Waals surface area (Å²) < 4.78 is 0.775. The Morgan fingerprint density at radius 3 is 2.47 bits per heavy atom. The number of halogens is 2. The highest BCUT2D eigenvalue weighted by molar-refractivity contribution is 9.10. The number of carbonyl (C=O) groups is 1. The van der Waals surface area contributed by atoms with E-state index in [9.17, 15) is 4.79 Å². The van der Waals surface area contributed by atoms with Crippen molar-refractivity contribution in [3.05, 3.63) is 33.3 Å². The van der Waals surface area contributed by atoms with Crippen molar-refractivity contribution in [2.75, 3.05) is 13.2 Å². The number of nitrogens with zero attached hydrogens (tertiary/aromatic N) is 1. The molecule has 0 aliphatic carbocycles. The van der Waals surface area contributed by atoms with E-state index in [1.807, 2.05) is 13.8 Å². The maximum Gasteiger partial charge on any atom is 0.254 e. The van der Waals surface area contributed by atoms with Crippen LogP contribution in [-0.2, 0) is 0 Å². The molecule has 5 heteroatoms. The van der Waals surface area contributed by atoms with Gasteiger partial charge in [-0.1, -0.05) is 41.4 Å². The van der Waals surface area contributed by atoms with Gasteiger partial charge in [-0.15, -0.1) is 0 Å². The Balaban J connectivity index is 3.04. The zero-order chi connectivity index (χ0) is 14.4. The predicted molar refractivity (Wildman–Crippen MR) is 81.6 cm³/mol. The van der Waals surface area contributed by atoms with Crippen LogP contribution in [0.3, 0.4) is 0 Å². The lowest BCUT2D eigenvalue weighted by Crippen LogP contribution is -2.41. The van der Waals surface area contributed by atoms with Gasteiger partial charge in [-0.25, -0.2) is 0 Å². The molecule has 0 unspecified atom stereocenters. The molecule has 1 amide bonds. The Labute approximate surface area is 127 Å². The summed E-state index contributed by atoms with van der Waals surface area (Å²) in [4.78, 5) is 14.3. The summed E-state index contributed by atoms with van der Waals surface area (Å²) in [6.07, 6.45) is 1.73. The SMILES string of the molecule is CCC(CC)N(CCO)C(=O)c1cc(Cl)cc(Br)c1. The monoisotopic (exact) mass is 347 g/mol. The van der Waals surface area contributed by atoms with Crippen molar-refractivity contribution >= 4 is 33.4 Å². The molecule has 0 aliphatic rings. The summed E-state index contributed by atoms with van der Waals surface area (Å²) >= 11 is 9.31. The molecule has 1 aromatic rings.